The molecule has 8 heavy (non-hydrogen) atoms. The quantitative estimate of drug-likeness (QED) is 0.507. The number of aliphatic hydroxyl groups excluding tert-OH is 1. The predicted octanol–water partition coefficient (Wildman–Crippen LogP) is 1.33. The molecule has 1 N–H and O–H groups in total. The van der Waals surface area contributed by atoms with E-state index in [0.717, 1.165) is 12.3 Å². The normalized spacial score (nSPS) is 28.1. The molecule has 0 aromatic carbocycles. The summed E-state index contributed by atoms with van der Waals surface area (Å²) in [6, 6.07) is 0. The largest absolute Gasteiger partial charge is 0.392 e. The maximum atomic E-state index is 8.62. The van der Waals surface area contributed by atoms with Crippen LogP contribution in [0.5, 0.6) is 0 Å². The fourth-order valence-electron chi connectivity index (χ4n) is 1.09. The lowest BCUT2D eigenvalue weighted by atomic mass is 9.80. The molecule has 0 spiro atoms. The van der Waals surface area contributed by atoms with Crippen LogP contribution in [0.25, 0.3) is 0 Å². The number of aliphatic hydroxyl groups is 1. The van der Waals surface area contributed by atoms with E-state index >= 15 is 0 Å². The second kappa shape index (κ2) is 1.90. The zero-order valence-electron chi connectivity index (χ0n) is 5.44. The van der Waals surface area contributed by atoms with Gasteiger partial charge < -0.3 is 5.11 Å². The van der Waals surface area contributed by atoms with Crippen molar-refractivity contribution in [2.75, 3.05) is 6.61 Å². The Morgan fingerprint density at radius 1 is 1.75 bits per heavy atom. The Hall–Kier alpha value is -0.300. The first-order valence-corrected chi connectivity index (χ1v) is 3.05. The number of hydrogen-bond acceptors (Lipinski definition) is 1. The molecule has 0 saturated heterocycles. The lowest BCUT2D eigenvalue weighted by molar-refractivity contribution is 0.308. The van der Waals surface area contributed by atoms with Gasteiger partial charge in [-0.3, -0.25) is 0 Å². The van der Waals surface area contributed by atoms with Crippen LogP contribution in [0.15, 0.2) is 11.1 Å². The van der Waals surface area contributed by atoms with Gasteiger partial charge in [-0.1, -0.05) is 12.5 Å². The van der Waals surface area contributed by atoms with Crippen molar-refractivity contribution in [2.45, 2.75) is 20.3 Å². The molecule has 1 atom stereocenters. The Bertz CT molecular complexity index is 124. The first-order chi connectivity index (χ1) is 3.75. The second-order valence-electron chi connectivity index (χ2n) is 2.55. The number of hydrogen-bond donors (Lipinski definition) is 1. The van der Waals surface area contributed by atoms with E-state index in [4.69, 9.17) is 5.11 Å². The molecule has 1 nitrogen and oxygen atoms in total. The van der Waals surface area contributed by atoms with Gasteiger partial charge in [0.25, 0.3) is 0 Å². The van der Waals surface area contributed by atoms with Crippen LogP contribution in [0.4, 0.5) is 0 Å². The molecule has 0 fully saturated rings. The molecule has 46 valence electrons. The molecule has 0 heterocycles. The average molecular weight is 112 g/mol. The van der Waals surface area contributed by atoms with Gasteiger partial charge in [-0.05, 0) is 24.8 Å². The van der Waals surface area contributed by atoms with E-state index in [2.05, 4.69) is 13.8 Å². The first-order valence-electron chi connectivity index (χ1n) is 3.05. The minimum atomic E-state index is 0.274. The highest BCUT2D eigenvalue weighted by Crippen LogP contribution is 2.32. The fourth-order valence-corrected chi connectivity index (χ4v) is 1.09. The topological polar surface area (TPSA) is 20.2 Å². The van der Waals surface area contributed by atoms with E-state index < -0.39 is 0 Å². The summed E-state index contributed by atoms with van der Waals surface area (Å²) in [7, 11) is 0. The smallest absolute Gasteiger partial charge is 0.0644 e. The van der Waals surface area contributed by atoms with Gasteiger partial charge in [0, 0.05) is 0 Å². The average Bonchev–Trinajstić information content (AvgIpc) is 1.81. The molecule has 0 aromatic heterocycles. The SMILES string of the molecule is CC1=C(CO)C[C@@H]1C. The lowest BCUT2D eigenvalue weighted by Gasteiger charge is -2.26. The minimum Gasteiger partial charge on any atom is -0.392 e. The third-order valence-electron chi connectivity index (χ3n) is 2.04. The highest BCUT2D eigenvalue weighted by Gasteiger charge is 2.19. The van der Waals surface area contributed by atoms with E-state index in [9.17, 15) is 0 Å². The van der Waals surface area contributed by atoms with Crippen molar-refractivity contribution in [1.29, 1.82) is 0 Å². The summed E-state index contributed by atoms with van der Waals surface area (Å²) in [4.78, 5) is 0. The number of allylic oxidation sites excluding steroid dienone is 1. The molecule has 1 aliphatic rings. The van der Waals surface area contributed by atoms with Gasteiger partial charge in [0.2, 0.25) is 0 Å². The van der Waals surface area contributed by atoms with Crippen molar-refractivity contribution in [3.05, 3.63) is 11.1 Å². The molecular formula is C7H12O. The molecular weight excluding hydrogens is 100 g/mol. The minimum absolute atomic E-state index is 0.274. The molecule has 1 heteroatoms. The monoisotopic (exact) mass is 112 g/mol. The molecule has 0 saturated carbocycles. The molecule has 1 aliphatic carbocycles. The Kier molecular flexibility index (Phi) is 1.39. The van der Waals surface area contributed by atoms with Crippen LogP contribution < -0.4 is 0 Å². The maximum absolute atomic E-state index is 8.62. The molecule has 0 bridgehead atoms. The summed E-state index contributed by atoms with van der Waals surface area (Å²) in [5.41, 5.74) is 2.64. The summed E-state index contributed by atoms with van der Waals surface area (Å²) in [6.45, 7) is 4.56. The molecule has 0 aromatic rings. The number of rotatable bonds is 1. The van der Waals surface area contributed by atoms with Crippen molar-refractivity contribution in [3.8, 4) is 0 Å². The van der Waals surface area contributed by atoms with Gasteiger partial charge in [-0.15, -0.1) is 0 Å². The second-order valence-corrected chi connectivity index (χ2v) is 2.55. The summed E-state index contributed by atoms with van der Waals surface area (Å²) >= 11 is 0. The standard InChI is InChI=1S/C7H12O/c1-5-3-7(4-8)6(5)2/h5,8H,3-4H2,1-2H3/t5-/m0/s1. The van der Waals surface area contributed by atoms with Crippen LogP contribution in [-0.4, -0.2) is 11.7 Å². The van der Waals surface area contributed by atoms with Crippen LogP contribution in [0.2, 0.25) is 0 Å². The van der Waals surface area contributed by atoms with Gasteiger partial charge >= 0.3 is 0 Å². The zero-order chi connectivity index (χ0) is 6.15. The fraction of sp³-hybridized carbons (Fsp3) is 0.714. The van der Waals surface area contributed by atoms with Crippen molar-refractivity contribution in [2.24, 2.45) is 5.92 Å². The molecule has 0 aliphatic heterocycles. The highest BCUT2D eigenvalue weighted by molar-refractivity contribution is 5.25. The van der Waals surface area contributed by atoms with Crippen LogP contribution in [0, 0.1) is 5.92 Å². The van der Waals surface area contributed by atoms with E-state index in [1.54, 1.807) is 0 Å². The van der Waals surface area contributed by atoms with Crippen LogP contribution in [0.1, 0.15) is 20.3 Å². The molecule has 0 unspecified atom stereocenters. The van der Waals surface area contributed by atoms with Crippen LogP contribution in [-0.2, 0) is 0 Å². The predicted molar refractivity (Wildman–Crippen MR) is 33.6 cm³/mol. The van der Waals surface area contributed by atoms with Crippen molar-refractivity contribution in [1.82, 2.24) is 0 Å². The van der Waals surface area contributed by atoms with Gasteiger partial charge in [0.15, 0.2) is 0 Å². The third kappa shape index (κ3) is 0.671. The summed E-state index contributed by atoms with van der Waals surface area (Å²) in [5.74, 6) is 0.733. The molecule has 1 rings (SSSR count). The van der Waals surface area contributed by atoms with Gasteiger partial charge in [0.05, 0.1) is 6.61 Å². The van der Waals surface area contributed by atoms with E-state index in [0.29, 0.717) is 0 Å². The lowest BCUT2D eigenvalue weighted by Crippen LogP contribution is -2.15. The van der Waals surface area contributed by atoms with E-state index in [1.807, 2.05) is 0 Å². The third-order valence-corrected chi connectivity index (χ3v) is 2.04. The van der Waals surface area contributed by atoms with Crippen LogP contribution in [0.3, 0.4) is 0 Å². The van der Waals surface area contributed by atoms with Gasteiger partial charge in [-0.2, -0.15) is 0 Å². The van der Waals surface area contributed by atoms with Crippen molar-refractivity contribution in [3.63, 3.8) is 0 Å². The highest BCUT2D eigenvalue weighted by atomic mass is 16.3. The van der Waals surface area contributed by atoms with E-state index in [1.165, 1.54) is 11.1 Å². The van der Waals surface area contributed by atoms with Gasteiger partial charge in [-0.25, -0.2) is 0 Å². The Balaban J connectivity index is 2.58. The zero-order valence-corrected chi connectivity index (χ0v) is 5.44. The van der Waals surface area contributed by atoms with Crippen LogP contribution >= 0.6 is 0 Å². The first kappa shape index (κ1) is 5.83. The van der Waals surface area contributed by atoms with Gasteiger partial charge in [0.1, 0.15) is 0 Å². The Morgan fingerprint density at radius 2 is 2.38 bits per heavy atom. The van der Waals surface area contributed by atoms with E-state index in [-0.39, 0.29) is 6.61 Å². The summed E-state index contributed by atoms with van der Waals surface area (Å²) in [5, 5.41) is 8.62. The Morgan fingerprint density at radius 3 is 2.50 bits per heavy atom. The van der Waals surface area contributed by atoms with Crippen molar-refractivity contribution >= 4 is 0 Å². The Labute approximate surface area is 50.0 Å². The molecule has 0 amide bonds. The summed E-state index contributed by atoms with van der Waals surface area (Å²) in [6.07, 6.45) is 1.11. The maximum Gasteiger partial charge on any atom is 0.0644 e. The summed E-state index contributed by atoms with van der Waals surface area (Å²) < 4.78 is 0. The molecule has 0 radical (unpaired) electrons. The van der Waals surface area contributed by atoms with Crippen molar-refractivity contribution < 1.29 is 5.11 Å².